The van der Waals surface area contributed by atoms with E-state index in [0.29, 0.717) is 31.8 Å². The van der Waals surface area contributed by atoms with Crippen molar-refractivity contribution in [2.75, 3.05) is 20.2 Å². The van der Waals surface area contributed by atoms with E-state index in [-0.39, 0.29) is 35.7 Å². The van der Waals surface area contributed by atoms with Gasteiger partial charge in [0, 0.05) is 51.9 Å². The van der Waals surface area contributed by atoms with Gasteiger partial charge in [-0.3, -0.25) is 14.4 Å². The van der Waals surface area contributed by atoms with Crippen molar-refractivity contribution in [1.82, 2.24) is 15.5 Å². The topological polar surface area (TPSA) is 112 Å². The number of carbonyl (C=O) groups excluding carboxylic acids is 3. The number of nitriles is 1. The second-order valence-corrected chi connectivity index (χ2v) is 8.42. The molecule has 1 heterocycles. The quantitative estimate of drug-likeness (QED) is 0.694. The van der Waals surface area contributed by atoms with Crippen molar-refractivity contribution in [2.24, 2.45) is 11.8 Å². The number of nitrogens with zero attached hydrogens (tertiary/aromatic N) is 2. The predicted octanol–water partition coefficient (Wildman–Crippen LogP) is 0.717. The van der Waals surface area contributed by atoms with Crippen LogP contribution in [-0.4, -0.2) is 60.5 Å². The third-order valence-electron chi connectivity index (χ3n) is 6.53. The van der Waals surface area contributed by atoms with Gasteiger partial charge in [0.2, 0.25) is 17.7 Å². The molecule has 3 rings (SSSR count). The summed E-state index contributed by atoms with van der Waals surface area (Å²) in [5.74, 6) is 0.0622. The van der Waals surface area contributed by atoms with Crippen LogP contribution in [-0.2, 0) is 19.1 Å². The summed E-state index contributed by atoms with van der Waals surface area (Å²) in [4.78, 5) is 38.0. The molecule has 0 aromatic heterocycles. The van der Waals surface area contributed by atoms with Gasteiger partial charge in [0.05, 0.1) is 6.07 Å². The molecule has 1 aliphatic heterocycles. The summed E-state index contributed by atoms with van der Waals surface area (Å²) in [5.41, 5.74) is -0.793. The van der Waals surface area contributed by atoms with Crippen LogP contribution in [0.15, 0.2) is 0 Å². The third-order valence-corrected chi connectivity index (χ3v) is 6.53. The molecule has 0 aromatic rings. The molecule has 2 aliphatic carbocycles. The van der Waals surface area contributed by atoms with E-state index in [1.165, 1.54) is 14.0 Å². The number of hydrogen-bond donors (Lipinski definition) is 2. The van der Waals surface area contributed by atoms with E-state index in [9.17, 15) is 14.4 Å². The monoisotopic (exact) mass is 390 g/mol. The Hall–Kier alpha value is -2.14. The average Bonchev–Trinajstić information content (AvgIpc) is 3.29. The number of ether oxygens (including phenoxy) is 1. The van der Waals surface area contributed by atoms with Crippen molar-refractivity contribution in [3.8, 4) is 6.07 Å². The summed E-state index contributed by atoms with van der Waals surface area (Å²) in [6, 6.07) is 1.92. The highest BCUT2D eigenvalue weighted by Crippen LogP contribution is 2.40. The Bertz CT molecular complexity index is 668. The lowest BCUT2D eigenvalue weighted by Crippen LogP contribution is -2.51. The van der Waals surface area contributed by atoms with E-state index in [2.05, 4.69) is 16.7 Å². The van der Waals surface area contributed by atoms with Gasteiger partial charge in [0.25, 0.3) is 0 Å². The zero-order valence-electron chi connectivity index (χ0n) is 16.7. The number of hydrogen-bond acceptors (Lipinski definition) is 5. The van der Waals surface area contributed by atoms with E-state index in [1.54, 1.807) is 4.90 Å². The molecule has 3 amide bonds. The first-order chi connectivity index (χ1) is 13.4. The molecule has 0 spiro atoms. The van der Waals surface area contributed by atoms with E-state index in [4.69, 9.17) is 10.00 Å². The fourth-order valence-corrected chi connectivity index (χ4v) is 4.71. The molecule has 0 unspecified atom stereocenters. The molecule has 28 heavy (non-hydrogen) atoms. The van der Waals surface area contributed by atoms with Gasteiger partial charge in [0.1, 0.15) is 6.04 Å². The number of methoxy groups -OCH3 is 1. The van der Waals surface area contributed by atoms with Crippen molar-refractivity contribution < 1.29 is 19.1 Å². The highest BCUT2D eigenvalue weighted by Gasteiger charge is 2.48. The van der Waals surface area contributed by atoms with Gasteiger partial charge >= 0.3 is 0 Å². The summed E-state index contributed by atoms with van der Waals surface area (Å²) in [6.45, 7) is 2.74. The average molecular weight is 390 g/mol. The van der Waals surface area contributed by atoms with Crippen LogP contribution in [0.4, 0.5) is 0 Å². The molecular formula is C20H30N4O4. The van der Waals surface area contributed by atoms with Crippen LogP contribution in [0.3, 0.4) is 0 Å². The Morgan fingerprint density at radius 1 is 1.21 bits per heavy atom. The lowest BCUT2D eigenvalue weighted by Gasteiger charge is -2.40. The Kier molecular flexibility index (Phi) is 6.23. The maximum Gasteiger partial charge on any atom is 0.242 e. The maximum atomic E-state index is 12.4. The molecule has 3 aliphatic rings. The number of amides is 3. The van der Waals surface area contributed by atoms with Crippen LogP contribution in [0.1, 0.15) is 51.9 Å². The molecule has 8 nitrogen and oxygen atoms in total. The minimum Gasteiger partial charge on any atom is -0.363 e. The van der Waals surface area contributed by atoms with Crippen LogP contribution in [0, 0.1) is 23.2 Å². The lowest BCUT2D eigenvalue weighted by molar-refractivity contribution is -0.138. The van der Waals surface area contributed by atoms with Crippen LogP contribution < -0.4 is 10.6 Å². The molecule has 0 aromatic carbocycles. The summed E-state index contributed by atoms with van der Waals surface area (Å²) >= 11 is 0. The lowest BCUT2D eigenvalue weighted by atomic mass is 9.71. The van der Waals surface area contributed by atoms with Crippen LogP contribution in [0.5, 0.6) is 0 Å². The molecule has 154 valence electrons. The fourth-order valence-electron chi connectivity index (χ4n) is 4.71. The van der Waals surface area contributed by atoms with Crippen molar-refractivity contribution in [3.05, 3.63) is 0 Å². The molecule has 2 N–H and O–H groups in total. The maximum absolute atomic E-state index is 12.4. The van der Waals surface area contributed by atoms with Crippen molar-refractivity contribution in [1.29, 1.82) is 5.26 Å². The molecule has 1 saturated heterocycles. The summed E-state index contributed by atoms with van der Waals surface area (Å²) < 4.78 is 5.20. The highest BCUT2D eigenvalue weighted by molar-refractivity contribution is 5.87. The SMILES string of the molecule is COC1(C#N)CC(C(=O)N[C@@H]2CC[C@H](CNC(=O)[C@@H]3CCCN3C(C)=O)C2)C1. The summed E-state index contributed by atoms with van der Waals surface area (Å²) in [5, 5.41) is 15.2. The van der Waals surface area contributed by atoms with E-state index in [1.807, 2.05) is 0 Å². The van der Waals surface area contributed by atoms with E-state index in [0.717, 1.165) is 32.1 Å². The minimum atomic E-state index is -0.793. The molecule has 2 saturated carbocycles. The van der Waals surface area contributed by atoms with Gasteiger partial charge in [-0.15, -0.1) is 0 Å². The van der Waals surface area contributed by atoms with Gasteiger partial charge in [-0.05, 0) is 38.0 Å². The van der Waals surface area contributed by atoms with E-state index >= 15 is 0 Å². The first-order valence-corrected chi connectivity index (χ1v) is 10.2. The first-order valence-electron chi connectivity index (χ1n) is 10.2. The largest absolute Gasteiger partial charge is 0.363 e. The van der Waals surface area contributed by atoms with Gasteiger partial charge < -0.3 is 20.3 Å². The van der Waals surface area contributed by atoms with Gasteiger partial charge in [0.15, 0.2) is 5.60 Å². The molecular weight excluding hydrogens is 360 g/mol. The van der Waals surface area contributed by atoms with Crippen LogP contribution in [0.25, 0.3) is 0 Å². The van der Waals surface area contributed by atoms with Gasteiger partial charge in [-0.1, -0.05) is 0 Å². The number of nitrogens with one attached hydrogen (secondary N) is 2. The molecule has 0 bridgehead atoms. The van der Waals surface area contributed by atoms with Crippen LogP contribution >= 0.6 is 0 Å². The van der Waals surface area contributed by atoms with Crippen LogP contribution in [0.2, 0.25) is 0 Å². The Labute approximate surface area is 166 Å². The molecule has 3 fully saturated rings. The molecule has 8 heteroatoms. The molecule has 0 radical (unpaired) electrons. The number of rotatable bonds is 6. The summed E-state index contributed by atoms with van der Waals surface area (Å²) in [7, 11) is 1.51. The molecule has 3 atom stereocenters. The number of likely N-dealkylation sites (tertiary alicyclic amines) is 1. The standard InChI is InChI=1S/C20H30N4O4/c1-13(25)24-7-3-4-17(24)19(27)22-11-14-5-6-16(8-14)23-18(26)15-9-20(10-15,12-21)28-2/h14-17H,3-11H2,1-2H3,(H,22,27)(H,23,26)/t14-,15?,16+,17-,20?/m0/s1. The van der Waals surface area contributed by atoms with Crippen molar-refractivity contribution >= 4 is 17.7 Å². The third kappa shape index (κ3) is 4.30. The fraction of sp³-hybridized carbons (Fsp3) is 0.800. The number of carbonyl (C=O) groups is 3. The smallest absolute Gasteiger partial charge is 0.242 e. The zero-order chi connectivity index (χ0) is 20.3. The Morgan fingerprint density at radius 2 is 1.96 bits per heavy atom. The normalized spacial score (nSPS) is 34.4. The minimum absolute atomic E-state index is 0.000617. The Balaban J connectivity index is 1.38. The predicted molar refractivity (Wildman–Crippen MR) is 101 cm³/mol. The first kappa shape index (κ1) is 20.6. The van der Waals surface area contributed by atoms with Gasteiger partial charge in [-0.2, -0.15) is 5.26 Å². The summed E-state index contributed by atoms with van der Waals surface area (Å²) in [6.07, 6.45) is 5.19. The van der Waals surface area contributed by atoms with Crippen molar-refractivity contribution in [3.63, 3.8) is 0 Å². The van der Waals surface area contributed by atoms with Gasteiger partial charge in [-0.25, -0.2) is 0 Å². The Morgan fingerprint density at radius 3 is 2.61 bits per heavy atom. The second-order valence-electron chi connectivity index (χ2n) is 8.42. The van der Waals surface area contributed by atoms with E-state index < -0.39 is 5.60 Å². The van der Waals surface area contributed by atoms with Crippen molar-refractivity contribution in [2.45, 2.75) is 69.6 Å². The highest BCUT2D eigenvalue weighted by atomic mass is 16.5. The second kappa shape index (κ2) is 8.48. The zero-order valence-corrected chi connectivity index (χ0v) is 16.7.